The van der Waals surface area contributed by atoms with Crippen LogP contribution in [0.2, 0.25) is 5.02 Å². The van der Waals surface area contributed by atoms with Crippen molar-refractivity contribution in [2.24, 2.45) is 0 Å². The molecule has 6 heteroatoms. The van der Waals surface area contributed by atoms with Crippen LogP contribution in [-0.2, 0) is 14.6 Å². The van der Waals surface area contributed by atoms with Gasteiger partial charge in [0.1, 0.15) is 0 Å². The van der Waals surface area contributed by atoms with E-state index in [1.165, 1.54) is 0 Å². The van der Waals surface area contributed by atoms with Gasteiger partial charge in [-0.3, -0.25) is 0 Å². The third-order valence-electron chi connectivity index (χ3n) is 2.24. The molecular weight excluding hydrogens is 264 g/mol. The highest BCUT2D eigenvalue weighted by Crippen LogP contribution is 2.31. The van der Waals surface area contributed by atoms with Crippen LogP contribution in [0.25, 0.3) is 5.57 Å². The monoisotopic (exact) mass is 270 g/mol. The van der Waals surface area contributed by atoms with Gasteiger partial charge in [-0.05, 0) is 17.7 Å². The van der Waals surface area contributed by atoms with Gasteiger partial charge < -0.3 is 5.11 Å². The fourth-order valence-electron chi connectivity index (χ4n) is 1.51. The summed E-state index contributed by atoms with van der Waals surface area (Å²) in [4.78, 5) is 10.9. The van der Waals surface area contributed by atoms with Crippen LogP contribution in [0.4, 0.5) is 0 Å². The van der Waals surface area contributed by atoms with E-state index in [0.717, 1.165) is 10.8 Å². The molecule has 4 nitrogen and oxygen atoms in total. The molecule has 0 bridgehead atoms. The summed E-state index contributed by atoms with van der Waals surface area (Å²) < 4.78 is 22.7. The minimum Gasteiger partial charge on any atom is -0.478 e. The van der Waals surface area contributed by atoms with Crippen molar-refractivity contribution in [1.82, 2.24) is 0 Å². The fourth-order valence-corrected chi connectivity index (χ4v) is 2.85. The molecule has 0 aliphatic carbocycles. The molecule has 0 amide bonds. The van der Waals surface area contributed by atoms with E-state index >= 15 is 0 Å². The maximum absolute atomic E-state index is 11.4. The Morgan fingerprint density at radius 1 is 1.12 bits per heavy atom. The lowest BCUT2D eigenvalue weighted by Gasteiger charge is -2.03. The van der Waals surface area contributed by atoms with E-state index in [2.05, 4.69) is 0 Å². The van der Waals surface area contributed by atoms with Gasteiger partial charge in [0, 0.05) is 16.0 Å². The molecule has 0 radical (unpaired) electrons. The first-order valence-electron chi connectivity index (χ1n) is 4.57. The number of carboxylic acids is 1. The maximum atomic E-state index is 11.4. The molecule has 0 aromatic heterocycles. The van der Waals surface area contributed by atoms with Crippen LogP contribution in [-0.4, -0.2) is 19.5 Å². The Bertz CT molecular complexity index is 639. The van der Waals surface area contributed by atoms with Gasteiger partial charge in [0.15, 0.2) is 9.84 Å². The third kappa shape index (κ3) is 2.40. The van der Waals surface area contributed by atoms with Gasteiger partial charge in [0.25, 0.3) is 0 Å². The van der Waals surface area contributed by atoms with E-state index in [1.807, 2.05) is 0 Å². The average molecular weight is 271 g/mol. The summed E-state index contributed by atoms with van der Waals surface area (Å²) in [6, 6.07) is 6.29. The van der Waals surface area contributed by atoms with Crippen LogP contribution in [0, 0.1) is 0 Å². The van der Waals surface area contributed by atoms with E-state index in [4.69, 9.17) is 16.7 Å². The van der Waals surface area contributed by atoms with E-state index in [-0.39, 0.29) is 11.1 Å². The van der Waals surface area contributed by atoms with Crippen LogP contribution >= 0.6 is 11.6 Å². The second-order valence-corrected chi connectivity index (χ2v) is 5.55. The van der Waals surface area contributed by atoms with Crippen molar-refractivity contribution in [3.05, 3.63) is 51.2 Å². The third-order valence-corrected chi connectivity index (χ3v) is 3.62. The lowest BCUT2D eigenvalue weighted by Crippen LogP contribution is -2.00. The predicted molar refractivity (Wildman–Crippen MR) is 64.1 cm³/mol. The summed E-state index contributed by atoms with van der Waals surface area (Å²) in [6.45, 7) is 0. The topological polar surface area (TPSA) is 71.4 Å². The lowest BCUT2D eigenvalue weighted by molar-refractivity contribution is -0.132. The van der Waals surface area contributed by atoms with E-state index in [0.29, 0.717) is 10.6 Å². The Kier molecular flexibility index (Phi) is 2.81. The molecule has 88 valence electrons. The zero-order valence-corrected chi connectivity index (χ0v) is 9.99. The molecule has 1 aliphatic rings. The number of carboxylic acid groups (broad SMARTS) is 1. The second kappa shape index (κ2) is 4.01. The summed E-state index contributed by atoms with van der Waals surface area (Å²) in [5.74, 6) is -1.27. The summed E-state index contributed by atoms with van der Waals surface area (Å²) in [5, 5.41) is 11.1. The fraction of sp³-hybridized carbons (Fsp3) is 0. The van der Waals surface area contributed by atoms with Gasteiger partial charge >= 0.3 is 5.97 Å². The molecule has 0 atom stereocenters. The van der Waals surface area contributed by atoms with Crippen molar-refractivity contribution in [2.75, 3.05) is 0 Å². The predicted octanol–water partition coefficient (Wildman–Crippen LogP) is 2.08. The number of halogens is 1. The van der Waals surface area contributed by atoms with Crippen molar-refractivity contribution in [1.29, 1.82) is 0 Å². The maximum Gasteiger partial charge on any atom is 0.337 e. The standard InChI is InChI=1S/C11H7ClO4S/c12-8-3-1-7(2-4-8)9-5-17(15,16)6-10(9)11(13)14/h1-6H,(H,13,14). The number of sulfone groups is 1. The average Bonchev–Trinajstić information content (AvgIpc) is 2.56. The molecule has 0 saturated carbocycles. The van der Waals surface area contributed by atoms with Crippen molar-refractivity contribution in [3.8, 4) is 0 Å². The zero-order valence-electron chi connectivity index (χ0n) is 8.42. The highest BCUT2D eigenvalue weighted by Gasteiger charge is 2.26. The Morgan fingerprint density at radius 2 is 1.71 bits per heavy atom. The summed E-state index contributed by atoms with van der Waals surface area (Å²) in [6.07, 6.45) is 0. The minimum atomic E-state index is -3.59. The van der Waals surface area contributed by atoms with E-state index in [9.17, 15) is 13.2 Å². The molecule has 1 aromatic carbocycles. The summed E-state index contributed by atoms with van der Waals surface area (Å²) >= 11 is 5.70. The van der Waals surface area contributed by atoms with Crippen LogP contribution in [0.5, 0.6) is 0 Å². The smallest absolute Gasteiger partial charge is 0.337 e. The number of hydrogen-bond acceptors (Lipinski definition) is 3. The molecule has 0 unspecified atom stereocenters. The minimum absolute atomic E-state index is 0.175. The van der Waals surface area contributed by atoms with Gasteiger partial charge in [0.2, 0.25) is 0 Å². The first-order valence-corrected chi connectivity index (χ1v) is 6.56. The number of hydrogen-bond donors (Lipinski definition) is 1. The molecule has 0 spiro atoms. The van der Waals surface area contributed by atoms with Crippen LogP contribution < -0.4 is 0 Å². The molecule has 2 rings (SSSR count). The van der Waals surface area contributed by atoms with Crippen molar-refractivity contribution in [3.63, 3.8) is 0 Å². The highest BCUT2D eigenvalue weighted by molar-refractivity contribution is 7.97. The quantitative estimate of drug-likeness (QED) is 0.893. The van der Waals surface area contributed by atoms with Gasteiger partial charge in [-0.1, -0.05) is 23.7 Å². The van der Waals surface area contributed by atoms with E-state index < -0.39 is 15.8 Å². The Balaban J connectivity index is 2.56. The first-order chi connectivity index (χ1) is 7.89. The number of aliphatic carboxylic acids is 1. The molecule has 1 aliphatic heterocycles. The Hall–Kier alpha value is -1.59. The van der Waals surface area contributed by atoms with Crippen LogP contribution in [0.1, 0.15) is 5.56 Å². The SMILES string of the molecule is O=C(O)C1=CS(=O)(=O)C=C1c1ccc(Cl)cc1. The normalized spacial score (nSPS) is 17.5. The van der Waals surface area contributed by atoms with Crippen molar-refractivity contribution in [2.45, 2.75) is 0 Å². The molecule has 1 heterocycles. The largest absolute Gasteiger partial charge is 0.478 e. The van der Waals surface area contributed by atoms with Crippen LogP contribution in [0.3, 0.4) is 0 Å². The molecular formula is C11H7ClO4S. The summed E-state index contributed by atoms with van der Waals surface area (Å²) in [5.41, 5.74) is 0.450. The summed E-state index contributed by atoms with van der Waals surface area (Å²) in [7, 11) is -3.59. The van der Waals surface area contributed by atoms with Crippen molar-refractivity contribution >= 4 is 33.0 Å². The van der Waals surface area contributed by atoms with E-state index in [1.54, 1.807) is 24.3 Å². The second-order valence-electron chi connectivity index (χ2n) is 3.46. The first kappa shape index (κ1) is 11.9. The van der Waals surface area contributed by atoms with Crippen molar-refractivity contribution < 1.29 is 18.3 Å². The zero-order chi connectivity index (χ0) is 12.6. The number of benzene rings is 1. The number of carbonyl (C=O) groups is 1. The number of rotatable bonds is 2. The van der Waals surface area contributed by atoms with Gasteiger partial charge in [-0.2, -0.15) is 0 Å². The molecule has 0 saturated heterocycles. The highest BCUT2D eigenvalue weighted by atomic mass is 35.5. The molecule has 1 N–H and O–H groups in total. The van der Waals surface area contributed by atoms with Gasteiger partial charge in [-0.25, -0.2) is 13.2 Å². The molecule has 17 heavy (non-hydrogen) atoms. The molecule has 1 aromatic rings. The van der Waals surface area contributed by atoms with Crippen LogP contribution in [0.15, 0.2) is 40.7 Å². The Morgan fingerprint density at radius 3 is 2.24 bits per heavy atom. The Labute approximate surface area is 103 Å². The lowest BCUT2D eigenvalue weighted by atomic mass is 10.0. The van der Waals surface area contributed by atoms with Gasteiger partial charge in [0.05, 0.1) is 11.0 Å². The molecule has 0 fully saturated rings. The van der Waals surface area contributed by atoms with Gasteiger partial charge in [-0.15, -0.1) is 0 Å².